The molecular formula is C14H9N3O2S. The maximum absolute atomic E-state index is 12.4. The van der Waals surface area contributed by atoms with Crippen LogP contribution < -0.4 is 10.3 Å². The molecule has 5 nitrogen and oxygen atoms in total. The molecule has 0 fully saturated rings. The number of hydrogen-bond acceptors (Lipinski definition) is 5. The molecule has 6 heteroatoms. The predicted octanol–water partition coefficient (Wildman–Crippen LogP) is 2.47. The quantitative estimate of drug-likeness (QED) is 0.504. The summed E-state index contributed by atoms with van der Waals surface area (Å²) < 4.78 is 6.85. The first kappa shape index (κ1) is 11.4. The third-order valence-corrected chi connectivity index (χ3v) is 4.05. The number of rotatable bonds is 1. The van der Waals surface area contributed by atoms with Gasteiger partial charge in [0.25, 0.3) is 5.56 Å². The van der Waals surface area contributed by atoms with Crippen LogP contribution >= 0.6 is 11.3 Å². The molecule has 0 atom stereocenters. The van der Waals surface area contributed by atoms with Crippen LogP contribution in [0.4, 0.5) is 0 Å². The summed E-state index contributed by atoms with van der Waals surface area (Å²) in [4.78, 5) is 22.0. The fraction of sp³-hybridized carbons (Fsp3) is 0.0714. The van der Waals surface area contributed by atoms with Gasteiger partial charge in [-0.1, -0.05) is 12.1 Å². The van der Waals surface area contributed by atoms with Gasteiger partial charge in [-0.3, -0.25) is 14.2 Å². The van der Waals surface area contributed by atoms with Crippen molar-refractivity contribution in [3.8, 4) is 5.75 Å². The SMILES string of the molecule is COc1cccc2c1ncc1c(=O)n3ccsc3nc12. The number of benzene rings is 1. The first-order chi connectivity index (χ1) is 9.79. The van der Waals surface area contributed by atoms with Crippen LogP contribution in [0.25, 0.3) is 26.8 Å². The molecule has 0 saturated heterocycles. The second-order valence-corrected chi connectivity index (χ2v) is 5.22. The first-order valence-electron chi connectivity index (χ1n) is 6.01. The lowest BCUT2D eigenvalue weighted by Crippen LogP contribution is -2.13. The molecule has 3 heterocycles. The molecule has 0 bridgehead atoms. The van der Waals surface area contributed by atoms with E-state index in [1.165, 1.54) is 11.3 Å². The molecule has 98 valence electrons. The van der Waals surface area contributed by atoms with E-state index < -0.39 is 0 Å². The van der Waals surface area contributed by atoms with Crippen molar-refractivity contribution in [3.05, 3.63) is 46.3 Å². The van der Waals surface area contributed by atoms with Crippen LogP contribution in [0.2, 0.25) is 0 Å². The van der Waals surface area contributed by atoms with E-state index in [0.29, 0.717) is 21.6 Å². The lowest BCUT2D eigenvalue weighted by atomic mass is 10.1. The number of pyridine rings is 1. The molecule has 4 aromatic rings. The van der Waals surface area contributed by atoms with E-state index in [2.05, 4.69) is 9.97 Å². The number of nitrogens with zero attached hydrogens (tertiary/aromatic N) is 3. The fourth-order valence-electron chi connectivity index (χ4n) is 2.36. The van der Waals surface area contributed by atoms with E-state index in [1.54, 1.807) is 23.9 Å². The zero-order valence-corrected chi connectivity index (χ0v) is 11.3. The van der Waals surface area contributed by atoms with Crippen LogP contribution in [0.3, 0.4) is 0 Å². The maximum Gasteiger partial charge on any atom is 0.267 e. The van der Waals surface area contributed by atoms with Crippen molar-refractivity contribution in [2.45, 2.75) is 0 Å². The Morgan fingerprint density at radius 1 is 1.25 bits per heavy atom. The highest BCUT2D eigenvalue weighted by atomic mass is 32.1. The number of methoxy groups -OCH3 is 1. The van der Waals surface area contributed by atoms with Crippen LogP contribution in [0.15, 0.2) is 40.8 Å². The molecule has 0 N–H and O–H groups in total. The summed E-state index contributed by atoms with van der Waals surface area (Å²) in [5, 5.41) is 3.19. The van der Waals surface area contributed by atoms with E-state index in [1.807, 2.05) is 23.6 Å². The van der Waals surface area contributed by atoms with Crippen LogP contribution in [0.5, 0.6) is 5.75 Å². The van der Waals surface area contributed by atoms with Crippen molar-refractivity contribution in [2.24, 2.45) is 0 Å². The predicted molar refractivity (Wildman–Crippen MR) is 78.7 cm³/mol. The summed E-state index contributed by atoms with van der Waals surface area (Å²) in [5.74, 6) is 0.678. The second kappa shape index (κ2) is 4.01. The Morgan fingerprint density at radius 2 is 2.15 bits per heavy atom. The minimum absolute atomic E-state index is 0.0940. The average Bonchev–Trinajstić information content (AvgIpc) is 2.95. The van der Waals surface area contributed by atoms with Gasteiger partial charge < -0.3 is 4.74 Å². The van der Waals surface area contributed by atoms with Gasteiger partial charge in [-0.05, 0) is 6.07 Å². The van der Waals surface area contributed by atoms with E-state index in [4.69, 9.17) is 4.74 Å². The van der Waals surface area contributed by atoms with Crippen LogP contribution in [0, 0.1) is 0 Å². The molecule has 4 rings (SSSR count). The monoisotopic (exact) mass is 283 g/mol. The van der Waals surface area contributed by atoms with Gasteiger partial charge in [-0.2, -0.15) is 0 Å². The van der Waals surface area contributed by atoms with E-state index in [0.717, 1.165) is 10.9 Å². The zero-order valence-electron chi connectivity index (χ0n) is 10.5. The Bertz CT molecular complexity index is 1020. The van der Waals surface area contributed by atoms with Gasteiger partial charge >= 0.3 is 0 Å². The third-order valence-electron chi connectivity index (χ3n) is 3.30. The summed E-state index contributed by atoms with van der Waals surface area (Å²) in [6.07, 6.45) is 3.30. The van der Waals surface area contributed by atoms with Gasteiger partial charge in [-0.15, -0.1) is 11.3 Å². The molecule has 0 spiro atoms. The molecule has 0 unspecified atom stereocenters. The standard InChI is InChI=1S/C14H9N3O2S/c1-19-10-4-2-3-8-11-9(7-15-12(8)10)13(18)17-5-6-20-14(17)16-11/h2-7H,1H3. The van der Waals surface area contributed by atoms with Gasteiger partial charge in [0.15, 0.2) is 4.96 Å². The normalized spacial score (nSPS) is 11.4. The minimum atomic E-state index is -0.0940. The summed E-state index contributed by atoms with van der Waals surface area (Å²) in [5.41, 5.74) is 1.29. The lowest BCUT2D eigenvalue weighted by molar-refractivity contribution is 0.419. The number of aromatic nitrogens is 3. The van der Waals surface area contributed by atoms with Crippen LogP contribution in [-0.2, 0) is 0 Å². The molecule has 0 amide bonds. The van der Waals surface area contributed by atoms with Crippen molar-refractivity contribution in [3.63, 3.8) is 0 Å². The summed E-state index contributed by atoms with van der Waals surface area (Å²) in [6.45, 7) is 0. The Kier molecular flexibility index (Phi) is 2.28. The molecule has 0 saturated carbocycles. The van der Waals surface area contributed by atoms with Crippen molar-refractivity contribution >= 4 is 38.1 Å². The lowest BCUT2D eigenvalue weighted by Gasteiger charge is -2.06. The highest BCUT2D eigenvalue weighted by Gasteiger charge is 2.12. The molecule has 3 aromatic heterocycles. The smallest absolute Gasteiger partial charge is 0.267 e. The molecule has 1 aromatic carbocycles. The number of hydrogen-bond donors (Lipinski definition) is 0. The van der Waals surface area contributed by atoms with Gasteiger partial charge in [0.2, 0.25) is 0 Å². The number of ether oxygens (including phenoxy) is 1. The summed E-state index contributed by atoms with van der Waals surface area (Å²) >= 11 is 1.44. The Balaban J connectivity index is 2.30. The fourth-order valence-corrected chi connectivity index (χ4v) is 3.06. The van der Waals surface area contributed by atoms with Gasteiger partial charge in [-0.25, -0.2) is 4.98 Å². The Morgan fingerprint density at radius 3 is 3.00 bits per heavy atom. The van der Waals surface area contributed by atoms with E-state index in [-0.39, 0.29) is 5.56 Å². The van der Waals surface area contributed by atoms with Gasteiger partial charge in [0.05, 0.1) is 18.0 Å². The highest BCUT2D eigenvalue weighted by molar-refractivity contribution is 7.15. The van der Waals surface area contributed by atoms with E-state index in [9.17, 15) is 4.79 Å². The maximum atomic E-state index is 12.4. The second-order valence-electron chi connectivity index (χ2n) is 4.35. The molecule has 0 radical (unpaired) electrons. The van der Waals surface area contributed by atoms with Crippen molar-refractivity contribution < 1.29 is 4.74 Å². The third kappa shape index (κ3) is 1.39. The average molecular weight is 283 g/mol. The first-order valence-corrected chi connectivity index (χ1v) is 6.89. The number of para-hydroxylation sites is 1. The van der Waals surface area contributed by atoms with E-state index >= 15 is 0 Å². The Labute approximate surface area is 117 Å². The molecule has 0 aliphatic rings. The Hall–Kier alpha value is -2.47. The number of fused-ring (bicyclic) bond motifs is 4. The minimum Gasteiger partial charge on any atom is -0.494 e. The summed E-state index contributed by atoms with van der Waals surface area (Å²) in [7, 11) is 1.60. The topological polar surface area (TPSA) is 56.5 Å². The molecule has 0 aliphatic carbocycles. The largest absolute Gasteiger partial charge is 0.494 e. The van der Waals surface area contributed by atoms with Crippen molar-refractivity contribution in [2.75, 3.05) is 7.11 Å². The van der Waals surface area contributed by atoms with Crippen LogP contribution in [-0.4, -0.2) is 21.5 Å². The highest BCUT2D eigenvalue weighted by Crippen LogP contribution is 2.27. The zero-order chi connectivity index (χ0) is 13.7. The number of thiazole rings is 1. The molecule has 20 heavy (non-hydrogen) atoms. The molecular weight excluding hydrogens is 274 g/mol. The van der Waals surface area contributed by atoms with Crippen molar-refractivity contribution in [1.29, 1.82) is 0 Å². The van der Waals surface area contributed by atoms with Gasteiger partial charge in [0.1, 0.15) is 11.3 Å². The van der Waals surface area contributed by atoms with Crippen molar-refractivity contribution in [1.82, 2.24) is 14.4 Å². The molecule has 0 aliphatic heterocycles. The van der Waals surface area contributed by atoms with Crippen LogP contribution in [0.1, 0.15) is 0 Å². The van der Waals surface area contributed by atoms with Gasteiger partial charge in [0, 0.05) is 23.2 Å². The summed E-state index contributed by atoms with van der Waals surface area (Å²) in [6, 6.07) is 5.63.